The first kappa shape index (κ1) is 21.5. The number of hydrogen-bond donors (Lipinski definition) is 1. The van der Waals surface area contributed by atoms with Gasteiger partial charge in [0.25, 0.3) is 0 Å². The minimum absolute atomic E-state index is 0.128. The molecule has 1 rings (SSSR count). The predicted molar refractivity (Wildman–Crippen MR) is 86.1 cm³/mol. The minimum Gasteiger partial charge on any atom is -0.377 e. The molecular formula is C14H18F2O7S2. The molecule has 0 atom stereocenters. The highest BCUT2D eigenvalue weighted by Crippen LogP contribution is 2.39. The quantitative estimate of drug-likeness (QED) is 0.425. The summed E-state index contributed by atoms with van der Waals surface area (Å²) in [5.41, 5.74) is 0.435. The van der Waals surface area contributed by atoms with Crippen LogP contribution in [0, 0.1) is 0 Å². The number of halogens is 2. The Labute approximate surface area is 144 Å². The molecule has 0 aliphatic carbocycles. The van der Waals surface area contributed by atoms with Crippen molar-refractivity contribution in [2.45, 2.75) is 44.1 Å². The van der Waals surface area contributed by atoms with Crippen LogP contribution in [0.15, 0.2) is 12.1 Å². The minimum atomic E-state index is -6.26. The van der Waals surface area contributed by atoms with Crippen LogP contribution >= 0.6 is 0 Å². The number of aldehydes is 1. The van der Waals surface area contributed by atoms with Gasteiger partial charge in [0.05, 0.1) is 0 Å². The Morgan fingerprint density at radius 2 is 1.44 bits per heavy atom. The first-order valence-electron chi connectivity index (χ1n) is 7.07. The van der Waals surface area contributed by atoms with E-state index in [0.29, 0.717) is 6.29 Å². The molecule has 0 amide bonds. The van der Waals surface area contributed by atoms with Gasteiger partial charge in [0.15, 0.2) is 0 Å². The molecule has 0 radical (unpaired) electrons. The highest BCUT2D eigenvalue weighted by Gasteiger charge is 2.60. The smallest absolute Gasteiger partial charge is 0.377 e. The zero-order chi connectivity index (χ0) is 19.8. The predicted octanol–water partition coefficient (Wildman–Crippen LogP) is 2.89. The zero-order valence-corrected chi connectivity index (χ0v) is 15.5. The fourth-order valence-electron chi connectivity index (χ4n) is 2.01. The second-order valence-electron chi connectivity index (χ2n) is 5.93. The molecule has 25 heavy (non-hydrogen) atoms. The molecule has 0 bridgehead atoms. The van der Waals surface area contributed by atoms with Crippen molar-refractivity contribution in [2.24, 2.45) is 0 Å². The van der Waals surface area contributed by atoms with E-state index < -0.39 is 42.4 Å². The molecule has 1 N–H and O–H groups in total. The summed E-state index contributed by atoms with van der Waals surface area (Å²) < 4.78 is 79.6. The molecule has 142 valence electrons. The van der Waals surface area contributed by atoms with Crippen molar-refractivity contribution in [1.29, 1.82) is 0 Å². The van der Waals surface area contributed by atoms with Crippen molar-refractivity contribution in [3.63, 3.8) is 0 Å². The van der Waals surface area contributed by atoms with Gasteiger partial charge in [-0.15, -0.1) is 0 Å². The van der Waals surface area contributed by atoms with Gasteiger partial charge in [-0.3, -0.25) is 9.35 Å². The Hall–Kier alpha value is -1.59. The molecule has 1 aromatic carbocycles. The molecule has 0 spiro atoms. The van der Waals surface area contributed by atoms with Crippen LogP contribution in [0.1, 0.15) is 61.0 Å². The molecule has 0 aliphatic heterocycles. The lowest BCUT2D eigenvalue weighted by Gasteiger charge is -2.22. The standard InChI is InChI=1S/C14H18F2O7S2/c1-8(2)11-5-10(7-17)6-12(9(3)4)13(11)23-25(21,22)14(15,16)24(18,19)20/h5-9H,1-4H3,(H,18,19,20). The van der Waals surface area contributed by atoms with E-state index in [0.717, 1.165) is 0 Å². The number of carbonyl (C=O) groups excluding carboxylic acids is 1. The van der Waals surface area contributed by atoms with Crippen molar-refractivity contribution >= 4 is 26.5 Å². The zero-order valence-electron chi connectivity index (χ0n) is 13.9. The van der Waals surface area contributed by atoms with Gasteiger partial charge >= 0.3 is 24.8 Å². The SMILES string of the molecule is CC(C)c1cc(C=O)cc(C(C)C)c1OS(=O)(=O)C(F)(F)S(=O)(=O)O. The highest BCUT2D eigenvalue weighted by atomic mass is 32.3. The van der Waals surface area contributed by atoms with Crippen LogP contribution in [0.3, 0.4) is 0 Å². The maximum Gasteiger partial charge on any atom is 0.506 e. The fourth-order valence-corrected chi connectivity index (χ4v) is 3.65. The first-order chi connectivity index (χ1) is 11.2. The van der Waals surface area contributed by atoms with Gasteiger partial charge in [-0.05, 0) is 35.1 Å². The Morgan fingerprint density at radius 1 is 1.04 bits per heavy atom. The highest BCUT2D eigenvalue weighted by molar-refractivity contribution is 8.05. The summed E-state index contributed by atoms with van der Waals surface area (Å²) >= 11 is 0. The summed E-state index contributed by atoms with van der Waals surface area (Å²) in [5, 5.41) is 0. The van der Waals surface area contributed by atoms with Crippen molar-refractivity contribution in [3.8, 4) is 5.75 Å². The van der Waals surface area contributed by atoms with Gasteiger partial charge in [-0.2, -0.15) is 25.6 Å². The monoisotopic (exact) mass is 400 g/mol. The molecule has 0 aliphatic rings. The van der Waals surface area contributed by atoms with E-state index in [1.807, 2.05) is 0 Å². The average Bonchev–Trinajstić information content (AvgIpc) is 2.44. The van der Waals surface area contributed by atoms with Crippen LogP contribution in [-0.4, -0.2) is 32.3 Å². The number of hydrogen-bond acceptors (Lipinski definition) is 6. The van der Waals surface area contributed by atoms with Crippen LogP contribution in [0.5, 0.6) is 5.75 Å². The van der Waals surface area contributed by atoms with Crippen LogP contribution in [-0.2, 0) is 20.2 Å². The molecule has 0 heterocycles. The first-order valence-corrected chi connectivity index (χ1v) is 9.92. The lowest BCUT2D eigenvalue weighted by atomic mass is 9.92. The van der Waals surface area contributed by atoms with E-state index in [2.05, 4.69) is 4.18 Å². The lowest BCUT2D eigenvalue weighted by Crippen LogP contribution is -2.40. The van der Waals surface area contributed by atoms with Gasteiger partial charge in [0, 0.05) is 5.56 Å². The maximum absolute atomic E-state index is 13.6. The second-order valence-corrected chi connectivity index (χ2v) is 9.24. The van der Waals surface area contributed by atoms with E-state index in [1.54, 1.807) is 27.7 Å². The van der Waals surface area contributed by atoms with Gasteiger partial charge < -0.3 is 4.18 Å². The third-order valence-electron chi connectivity index (χ3n) is 3.33. The summed E-state index contributed by atoms with van der Waals surface area (Å²) in [5.74, 6) is -1.34. The lowest BCUT2D eigenvalue weighted by molar-refractivity contribution is 0.112. The number of rotatable bonds is 7. The van der Waals surface area contributed by atoms with Crippen LogP contribution in [0.4, 0.5) is 8.78 Å². The summed E-state index contributed by atoms with van der Waals surface area (Å²) in [6.45, 7) is 6.42. The number of alkyl halides is 2. The maximum atomic E-state index is 13.6. The molecule has 0 saturated heterocycles. The second kappa shape index (κ2) is 6.96. The Bertz CT molecular complexity index is 843. The normalized spacial score (nSPS) is 13.3. The summed E-state index contributed by atoms with van der Waals surface area (Å²) in [4.78, 5) is 11.1. The molecule has 1 aromatic rings. The molecule has 0 saturated carbocycles. The summed E-state index contributed by atoms with van der Waals surface area (Å²) in [7, 11) is -12.3. The van der Waals surface area contributed by atoms with Gasteiger partial charge in [0.1, 0.15) is 12.0 Å². The van der Waals surface area contributed by atoms with Crippen molar-refractivity contribution in [1.82, 2.24) is 0 Å². The Balaban J connectivity index is 3.70. The van der Waals surface area contributed by atoms with Gasteiger partial charge in [0.2, 0.25) is 0 Å². The summed E-state index contributed by atoms with van der Waals surface area (Å²) in [6.07, 6.45) is 0.503. The van der Waals surface area contributed by atoms with Crippen LogP contribution in [0.25, 0.3) is 0 Å². The number of carbonyl (C=O) groups is 1. The van der Waals surface area contributed by atoms with Gasteiger partial charge in [-0.1, -0.05) is 27.7 Å². The van der Waals surface area contributed by atoms with E-state index in [-0.39, 0.29) is 16.7 Å². The van der Waals surface area contributed by atoms with Crippen molar-refractivity contribution in [2.75, 3.05) is 0 Å². The van der Waals surface area contributed by atoms with E-state index in [1.165, 1.54) is 12.1 Å². The average molecular weight is 400 g/mol. The number of benzene rings is 1. The molecule has 11 heteroatoms. The molecule has 0 unspecified atom stereocenters. The fraction of sp³-hybridized carbons (Fsp3) is 0.500. The van der Waals surface area contributed by atoms with E-state index in [9.17, 15) is 30.4 Å². The molecular weight excluding hydrogens is 382 g/mol. The van der Waals surface area contributed by atoms with E-state index in [4.69, 9.17) is 4.55 Å². The third-order valence-corrected chi connectivity index (χ3v) is 6.15. The van der Waals surface area contributed by atoms with Crippen LogP contribution < -0.4 is 4.18 Å². The molecule has 7 nitrogen and oxygen atoms in total. The Morgan fingerprint density at radius 3 is 1.72 bits per heavy atom. The largest absolute Gasteiger partial charge is 0.506 e. The van der Waals surface area contributed by atoms with Crippen LogP contribution in [0.2, 0.25) is 0 Å². The summed E-state index contributed by atoms with van der Waals surface area (Å²) in [6, 6.07) is 2.53. The van der Waals surface area contributed by atoms with E-state index >= 15 is 0 Å². The van der Waals surface area contributed by atoms with Crippen molar-refractivity contribution < 1.29 is 39.1 Å². The topological polar surface area (TPSA) is 115 Å². The van der Waals surface area contributed by atoms with Gasteiger partial charge in [-0.25, -0.2) is 0 Å². The third kappa shape index (κ3) is 4.15. The molecule has 0 fully saturated rings. The molecule has 0 aromatic heterocycles. The Kier molecular flexibility index (Phi) is 5.97. The van der Waals surface area contributed by atoms with Crippen molar-refractivity contribution in [3.05, 3.63) is 28.8 Å².